The third-order valence-electron chi connectivity index (χ3n) is 2.23. The standard InChI is InChI=1S/C11H12Cl2N2O4/c1-19-3-2-15(6-10(16)17)11(18)7-4-9(13)14-5-8(7)12/h4-5H,2-3,6H2,1H3,(H,16,17). The van der Waals surface area contributed by atoms with Gasteiger partial charge in [-0.1, -0.05) is 23.2 Å². The average molecular weight is 307 g/mol. The highest BCUT2D eigenvalue weighted by Gasteiger charge is 2.21. The van der Waals surface area contributed by atoms with Gasteiger partial charge < -0.3 is 14.7 Å². The van der Waals surface area contributed by atoms with E-state index < -0.39 is 18.4 Å². The zero-order valence-corrected chi connectivity index (χ0v) is 11.6. The molecule has 1 aromatic rings. The van der Waals surface area contributed by atoms with E-state index in [1.54, 1.807) is 0 Å². The molecule has 0 aliphatic heterocycles. The molecule has 1 N–H and O–H groups in total. The van der Waals surface area contributed by atoms with Gasteiger partial charge in [0.1, 0.15) is 11.7 Å². The van der Waals surface area contributed by atoms with Gasteiger partial charge in [-0.2, -0.15) is 0 Å². The number of hydrogen-bond donors (Lipinski definition) is 1. The number of amides is 1. The Morgan fingerprint density at radius 2 is 2.16 bits per heavy atom. The molecule has 0 spiro atoms. The molecule has 0 saturated carbocycles. The number of halogens is 2. The van der Waals surface area contributed by atoms with Gasteiger partial charge in [-0.25, -0.2) is 4.98 Å². The molecule has 1 aromatic heterocycles. The quantitative estimate of drug-likeness (QED) is 0.807. The Hall–Kier alpha value is -1.37. The third kappa shape index (κ3) is 4.66. The number of pyridine rings is 1. The topological polar surface area (TPSA) is 79.7 Å². The van der Waals surface area contributed by atoms with Crippen molar-refractivity contribution < 1.29 is 19.4 Å². The highest BCUT2D eigenvalue weighted by molar-refractivity contribution is 6.35. The van der Waals surface area contributed by atoms with Crippen molar-refractivity contribution in [1.82, 2.24) is 9.88 Å². The van der Waals surface area contributed by atoms with Gasteiger partial charge in [0, 0.05) is 19.9 Å². The van der Waals surface area contributed by atoms with Crippen molar-refractivity contribution in [2.45, 2.75) is 0 Å². The maximum Gasteiger partial charge on any atom is 0.323 e. The molecule has 1 heterocycles. The van der Waals surface area contributed by atoms with Gasteiger partial charge in [0.05, 0.1) is 17.2 Å². The van der Waals surface area contributed by atoms with Crippen molar-refractivity contribution in [2.24, 2.45) is 0 Å². The summed E-state index contributed by atoms with van der Waals surface area (Å²) in [7, 11) is 1.46. The van der Waals surface area contributed by atoms with Crippen molar-refractivity contribution in [3.8, 4) is 0 Å². The second kappa shape index (κ2) is 7.28. The van der Waals surface area contributed by atoms with Crippen LogP contribution in [0, 0.1) is 0 Å². The molecule has 1 amide bonds. The van der Waals surface area contributed by atoms with Crippen LogP contribution in [0.1, 0.15) is 10.4 Å². The lowest BCUT2D eigenvalue weighted by atomic mass is 10.2. The Morgan fingerprint density at radius 1 is 1.47 bits per heavy atom. The van der Waals surface area contributed by atoms with E-state index in [0.29, 0.717) is 0 Å². The molecule has 0 saturated heterocycles. The number of rotatable bonds is 6. The zero-order chi connectivity index (χ0) is 14.4. The van der Waals surface area contributed by atoms with Crippen LogP contribution >= 0.6 is 23.2 Å². The van der Waals surface area contributed by atoms with Gasteiger partial charge >= 0.3 is 5.97 Å². The predicted octanol–water partition coefficient (Wildman–Crippen LogP) is 1.56. The van der Waals surface area contributed by atoms with Crippen molar-refractivity contribution in [3.63, 3.8) is 0 Å². The maximum absolute atomic E-state index is 12.2. The summed E-state index contributed by atoms with van der Waals surface area (Å²) in [6.07, 6.45) is 1.24. The van der Waals surface area contributed by atoms with Gasteiger partial charge in [-0.05, 0) is 6.07 Å². The fraction of sp³-hybridized carbons (Fsp3) is 0.364. The second-order valence-corrected chi connectivity index (χ2v) is 4.39. The number of nitrogens with zero attached hydrogens (tertiary/aromatic N) is 2. The van der Waals surface area contributed by atoms with Crippen LogP contribution in [0.3, 0.4) is 0 Å². The number of carbonyl (C=O) groups excluding carboxylic acids is 1. The molecule has 0 unspecified atom stereocenters. The summed E-state index contributed by atoms with van der Waals surface area (Å²) in [4.78, 5) is 27.8. The van der Waals surface area contributed by atoms with E-state index >= 15 is 0 Å². The molecular weight excluding hydrogens is 295 g/mol. The number of carboxylic acids is 1. The molecule has 0 bridgehead atoms. The third-order valence-corrected chi connectivity index (χ3v) is 2.74. The fourth-order valence-electron chi connectivity index (χ4n) is 1.36. The summed E-state index contributed by atoms with van der Waals surface area (Å²) in [6, 6.07) is 1.30. The van der Waals surface area contributed by atoms with E-state index in [0.717, 1.165) is 4.90 Å². The minimum Gasteiger partial charge on any atom is -0.480 e. The van der Waals surface area contributed by atoms with E-state index in [4.69, 9.17) is 33.0 Å². The van der Waals surface area contributed by atoms with E-state index in [1.807, 2.05) is 0 Å². The van der Waals surface area contributed by atoms with Crippen LogP contribution in [0.25, 0.3) is 0 Å². The normalized spacial score (nSPS) is 10.3. The molecule has 0 radical (unpaired) electrons. The van der Waals surface area contributed by atoms with Gasteiger partial charge in [0.2, 0.25) is 0 Å². The van der Waals surface area contributed by atoms with E-state index in [-0.39, 0.29) is 28.9 Å². The summed E-state index contributed by atoms with van der Waals surface area (Å²) in [5.41, 5.74) is 0.110. The minimum absolute atomic E-state index is 0.106. The summed E-state index contributed by atoms with van der Waals surface area (Å²) < 4.78 is 4.84. The van der Waals surface area contributed by atoms with Crippen molar-refractivity contribution in [2.75, 3.05) is 26.8 Å². The largest absolute Gasteiger partial charge is 0.480 e. The van der Waals surface area contributed by atoms with Crippen molar-refractivity contribution in [3.05, 3.63) is 28.0 Å². The lowest BCUT2D eigenvalue weighted by Gasteiger charge is -2.20. The van der Waals surface area contributed by atoms with Gasteiger partial charge in [-0.3, -0.25) is 9.59 Å². The number of methoxy groups -OCH3 is 1. The number of aliphatic carboxylic acids is 1. The van der Waals surface area contributed by atoms with Crippen LogP contribution in [-0.4, -0.2) is 53.7 Å². The fourth-order valence-corrected chi connectivity index (χ4v) is 1.71. The van der Waals surface area contributed by atoms with E-state index in [9.17, 15) is 9.59 Å². The molecule has 0 fully saturated rings. The Bertz CT molecular complexity index is 482. The SMILES string of the molecule is COCCN(CC(=O)O)C(=O)c1cc(Cl)ncc1Cl. The first-order chi connectivity index (χ1) is 8.95. The van der Waals surface area contributed by atoms with Gasteiger partial charge in [0.25, 0.3) is 5.91 Å². The van der Waals surface area contributed by atoms with Crippen molar-refractivity contribution in [1.29, 1.82) is 0 Å². The van der Waals surface area contributed by atoms with Crippen LogP contribution in [0.4, 0.5) is 0 Å². The summed E-state index contributed by atoms with van der Waals surface area (Å²) in [5.74, 6) is -1.66. The smallest absolute Gasteiger partial charge is 0.323 e. The molecule has 0 aromatic carbocycles. The first-order valence-corrected chi connectivity index (χ1v) is 6.02. The minimum atomic E-state index is -1.12. The Balaban J connectivity index is 2.97. The molecule has 19 heavy (non-hydrogen) atoms. The highest BCUT2D eigenvalue weighted by atomic mass is 35.5. The lowest BCUT2D eigenvalue weighted by molar-refractivity contribution is -0.137. The Kier molecular flexibility index (Phi) is 6.01. The first-order valence-electron chi connectivity index (χ1n) is 5.26. The van der Waals surface area contributed by atoms with Crippen LogP contribution in [0.5, 0.6) is 0 Å². The highest BCUT2D eigenvalue weighted by Crippen LogP contribution is 2.19. The number of aromatic nitrogens is 1. The van der Waals surface area contributed by atoms with E-state index in [2.05, 4.69) is 4.98 Å². The molecule has 1 rings (SSSR count). The number of ether oxygens (including phenoxy) is 1. The number of carboxylic acid groups (broad SMARTS) is 1. The lowest BCUT2D eigenvalue weighted by Crippen LogP contribution is -2.38. The second-order valence-electron chi connectivity index (χ2n) is 3.60. The van der Waals surface area contributed by atoms with Crippen LogP contribution in [0.15, 0.2) is 12.3 Å². The molecule has 6 nitrogen and oxygen atoms in total. The molecule has 0 atom stereocenters. The Morgan fingerprint density at radius 3 is 2.74 bits per heavy atom. The van der Waals surface area contributed by atoms with Crippen molar-refractivity contribution >= 4 is 35.1 Å². The molecule has 0 aliphatic carbocycles. The van der Waals surface area contributed by atoms with Crippen LogP contribution < -0.4 is 0 Å². The molecule has 0 aliphatic rings. The summed E-state index contributed by atoms with van der Waals surface area (Å²) >= 11 is 11.6. The molecule has 8 heteroatoms. The predicted molar refractivity (Wildman–Crippen MR) is 69.7 cm³/mol. The summed E-state index contributed by atoms with van der Waals surface area (Å²) in [5, 5.41) is 9.02. The van der Waals surface area contributed by atoms with E-state index in [1.165, 1.54) is 19.4 Å². The first kappa shape index (κ1) is 15.7. The monoisotopic (exact) mass is 306 g/mol. The molecule has 104 valence electrons. The van der Waals surface area contributed by atoms with Crippen LogP contribution in [-0.2, 0) is 9.53 Å². The Labute approximate surface area is 119 Å². The van der Waals surface area contributed by atoms with Gasteiger partial charge in [0.15, 0.2) is 0 Å². The maximum atomic E-state index is 12.2. The average Bonchev–Trinajstić information content (AvgIpc) is 2.36. The number of carbonyl (C=O) groups is 2. The number of hydrogen-bond acceptors (Lipinski definition) is 4. The molecular formula is C11H12Cl2N2O4. The summed E-state index contributed by atoms with van der Waals surface area (Å²) in [6.45, 7) is -0.0914. The van der Waals surface area contributed by atoms with Gasteiger partial charge in [-0.15, -0.1) is 0 Å². The van der Waals surface area contributed by atoms with Crippen LogP contribution in [0.2, 0.25) is 10.2 Å². The zero-order valence-electron chi connectivity index (χ0n) is 10.1.